The zero-order valence-corrected chi connectivity index (χ0v) is 12.7. The highest BCUT2D eigenvalue weighted by Crippen LogP contribution is 2.65. The van der Waals surface area contributed by atoms with Crippen LogP contribution in [0.3, 0.4) is 0 Å². The van der Waals surface area contributed by atoms with Crippen LogP contribution < -0.4 is 0 Å². The van der Waals surface area contributed by atoms with Crippen LogP contribution in [0, 0.1) is 17.3 Å². The van der Waals surface area contributed by atoms with Crippen LogP contribution in [0.25, 0.3) is 0 Å². The van der Waals surface area contributed by atoms with E-state index in [1.54, 1.807) is 0 Å². The van der Waals surface area contributed by atoms with E-state index in [0.717, 1.165) is 12.0 Å². The van der Waals surface area contributed by atoms with Crippen molar-refractivity contribution in [1.82, 2.24) is 0 Å². The first kappa shape index (κ1) is 13.9. The zero-order valence-electron chi connectivity index (χ0n) is 8.15. The minimum atomic E-state index is -0.615. The van der Waals surface area contributed by atoms with Gasteiger partial charge < -0.3 is 0 Å². The molecule has 0 aromatic carbocycles. The second-order valence-corrected chi connectivity index (χ2v) is 6.97. The molecule has 2 bridgehead atoms. The normalized spacial score (nSPS) is 49.6. The van der Waals surface area contributed by atoms with Crippen LogP contribution in [0.4, 0.5) is 0 Å². The molecule has 0 spiro atoms. The van der Waals surface area contributed by atoms with E-state index in [4.69, 9.17) is 69.6 Å². The molecule has 2 fully saturated rings. The van der Waals surface area contributed by atoms with Gasteiger partial charge in [-0.1, -0.05) is 11.6 Å². The van der Waals surface area contributed by atoms with Crippen molar-refractivity contribution in [3.63, 3.8) is 0 Å². The molecule has 92 valence electrons. The van der Waals surface area contributed by atoms with Crippen LogP contribution in [-0.4, -0.2) is 21.5 Å². The van der Waals surface area contributed by atoms with Gasteiger partial charge in [-0.3, -0.25) is 0 Å². The van der Waals surface area contributed by atoms with Crippen molar-refractivity contribution in [2.75, 3.05) is 5.88 Å². The van der Waals surface area contributed by atoms with Crippen molar-refractivity contribution in [1.29, 1.82) is 0 Å². The lowest BCUT2D eigenvalue weighted by Crippen LogP contribution is -2.46. The van der Waals surface area contributed by atoms with E-state index >= 15 is 0 Å². The molecule has 0 nitrogen and oxygen atoms in total. The number of hydrogen-bond acceptors (Lipinski definition) is 0. The van der Waals surface area contributed by atoms with Gasteiger partial charge in [0.2, 0.25) is 0 Å². The standard InChI is InChI=1S/C10H10Cl6/c11-2-6-4-1-5(8(14)7(4)13)10(6,3-12)9(15)16/h2,4-5,7-9H,1,3H2/b6-2-. The Balaban J connectivity index is 2.47. The molecule has 6 heteroatoms. The highest BCUT2D eigenvalue weighted by atomic mass is 35.5. The van der Waals surface area contributed by atoms with Crippen molar-refractivity contribution in [2.24, 2.45) is 17.3 Å². The Morgan fingerprint density at radius 1 is 1.31 bits per heavy atom. The smallest absolute Gasteiger partial charge is 0.118 e. The summed E-state index contributed by atoms with van der Waals surface area (Å²) in [7, 11) is 0. The van der Waals surface area contributed by atoms with E-state index in [1.807, 2.05) is 0 Å². The lowest BCUT2D eigenvalue weighted by atomic mass is 9.72. The number of halogens is 6. The summed E-state index contributed by atoms with van der Waals surface area (Å²) in [4.78, 5) is -0.615. The van der Waals surface area contributed by atoms with E-state index in [2.05, 4.69) is 0 Å². The molecule has 0 aliphatic heterocycles. The van der Waals surface area contributed by atoms with Crippen molar-refractivity contribution in [3.05, 3.63) is 11.1 Å². The summed E-state index contributed by atoms with van der Waals surface area (Å²) in [6.07, 6.45) is 0.865. The molecule has 5 atom stereocenters. The maximum absolute atomic E-state index is 6.31. The van der Waals surface area contributed by atoms with Gasteiger partial charge >= 0.3 is 0 Å². The van der Waals surface area contributed by atoms with Gasteiger partial charge in [0.25, 0.3) is 0 Å². The van der Waals surface area contributed by atoms with E-state index in [1.165, 1.54) is 5.54 Å². The zero-order chi connectivity index (χ0) is 12.1. The fraction of sp³-hybridized carbons (Fsp3) is 0.800. The molecule has 2 aliphatic carbocycles. The molecule has 2 saturated carbocycles. The summed E-state index contributed by atoms with van der Waals surface area (Å²) in [5, 5.41) is -0.258. The van der Waals surface area contributed by atoms with Crippen LogP contribution in [0.1, 0.15) is 6.42 Å². The third-order valence-electron chi connectivity index (χ3n) is 3.91. The summed E-state index contributed by atoms with van der Waals surface area (Å²) in [6, 6.07) is 0. The predicted octanol–water partition coefficient (Wildman–Crippen LogP) is 5.00. The largest absolute Gasteiger partial charge is 0.126 e. The second-order valence-electron chi connectivity index (χ2n) is 4.38. The highest BCUT2D eigenvalue weighted by Gasteiger charge is 2.64. The fourth-order valence-electron chi connectivity index (χ4n) is 3.03. The topological polar surface area (TPSA) is 0 Å². The molecule has 0 aromatic rings. The molecule has 0 saturated heterocycles. The Kier molecular flexibility index (Phi) is 4.23. The van der Waals surface area contributed by atoms with Crippen molar-refractivity contribution in [2.45, 2.75) is 22.0 Å². The molecule has 2 aliphatic rings. The van der Waals surface area contributed by atoms with Gasteiger partial charge in [-0.15, -0.1) is 58.0 Å². The molecule has 0 heterocycles. The van der Waals surface area contributed by atoms with Crippen LogP contribution in [0.5, 0.6) is 0 Å². The van der Waals surface area contributed by atoms with E-state index in [-0.39, 0.29) is 22.6 Å². The maximum atomic E-state index is 6.31. The molecule has 0 N–H and O–H groups in total. The first-order valence-corrected chi connectivity index (χ1v) is 7.65. The van der Waals surface area contributed by atoms with Crippen LogP contribution in [0.15, 0.2) is 11.1 Å². The van der Waals surface area contributed by atoms with Gasteiger partial charge in [0, 0.05) is 16.8 Å². The summed E-state index contributed by atoms with van der Waals surface area (Å²) >= 11 is 36.7. The molecule has 2 rings (SSSR count). The van der Waals surface area contributed by atoms with Gasteiger partial charge in [0.15, 0.2) is 0 Å². The Hall–Kier alpha value is 1.48. The number of rotatable bonds is 2. The van der Waals surface area contributed by atoms with Crippen LogP contribution in [0.2, 0.25) is 0 Å². The van der Waals surface area contributed by atoms with E-state index in [0.29, 0.717) is 5.88 Å². The maximum Gasteiger partial charge on any atom is 0.118 e. The Morgan fingerprint density at radius 2 is 1.94 bits per heavy atom. The molecular formula is C10H10Cl6. The second kappa shape index (κ2) is 4.87. The fourth-order valence-corrected chi connectivity index (χ4v) is 5.71. The third kappa shape index (κ3) is 1.64. The van der Waals surface area contributed by atoms with Gasteiger partial charge in [-0.05, 0) is 23.8 Å². The van der Waals surface area contributed by atoms with E-state index < -0.39 is 10.3 Å². The lowest BCUT2D eigenvalue weighted by Gasteiger charge is -2.42. The molecule has 0 amide bonds. The summed E-state index contributed by atoms with van der Waals surface area (Å²) < 4.78 is 0. The summed E-state index contributed by atoms with van der Waals surface area (Å²) in [5.74, 6) is 0.562. The first-order valence-electron chi connectivity index (χ1n) is 4.93. The Bertz CT molecular complexity index is 314. The van der Waals surface area contributed by atoms with Crippen molar-refractivity contribution >= 4 is 69.6 Å². The molecular weight excluding hydrogens is 333 g/mol. The molecule has 0 aromatic heterocycles. The highest BCUT2D eigenvalue weighted by molar-refractivity contribution is 6.45. The van der Waals surface area contributed by atoms with Gasteiger partial charge in [-0.2, -0.15) is 0 Å². The van der Waals surface area contributed by atoms with Gasteiger partial charge in [0.1, 0.15) is 4.84 Å². The van der Waals surface area contributed by atoms with Gasteiger partial charge in [-0.25, -0.2) is 0 Å². The van der Waals surface area contributed by atoms with Crippen LogP contribution in [-0.2, 0) is 0 Å². The SMILES string of the molecule is Cl/C=C1/C2CC(C(Cl)C2Cl)C1(CCl)C(Cl)Cl. The average molecular weight is 343 g/mol. The van der Waals surface area contributed by atoms with Gasteiger partial charge in [0.05, 0.1) is 10.8 Å². The average Bonchev–Trinajstić information content (AvgIpc) is 2.74. The van der Waals surface area contributed by atoms with Crippen molar-refractivity contribution in [3.8, 4) is 0 Å². The molecule has 16 heavy (non-hydrogen) atoms. The molecule has 5 unspecified atom stereocenters. The minimum absolute atomic E-state index is 0.101. The Morgan fingerprint density at radius 3 is 2.38 bits per heavy atom. The Labute approximate surface area is 125 Å². The van der Waals surface area contributed by atoms with Crippen LogP contribution >= 0.6 is 69.6 Å². The number of hydrogen-bond donors (Lipinski definition) is 0. The monoisotopic (exact) mass is 340 g/mol. The lowest BCUT2D eigenvalue weighted by molar-refractivity contribution is 0.289. The predicted molar refractivity (Wildman–Crippen MR) is 73.5 cm³/mol. The number of alkyl halides is 5. The van der Waals surface area contributed by atoms with Crippen molar-refractivity contribution < 1.29 is 0 Å². The van der Waals surface area contributed by atoms with E-state index in [9.17, 15) is 0 Å². The number of allylic oxidation sites excluding steroid dienone is 1. The quantitative estimate of drug-likeness (QED) is 0.619. The minimum Gasteiger partial charge on any atom is -0.126 e. The first-order chi connectivity index (χ1) is 7.50. The third-order valence-corrected chi connectivity index (χ3v) is 6.64. The summed E-state index contributed by atoms with van der Waals surface area (Å²) in [5.41, 5.74) is 1.97. The molecule has 0 radical (unpaired) electrons. The number of fused-ring (bicyclic) bond motifs is 2. The summed E-state index contributed by atoms with van der Waals surface area (Å²) in [6.45, 7) is 0.